The first-order valence-electron chi connectivity index (χ1n) is 6.10. The van der Waals surface area contributed by atoms with E-state index < -0.39 is 9.84 Å². The number of hydrogen-bond acceptors (Lipinski definition) is 3. The van der Waals surface area contributed by atoms with E-state index in [1.165, 1.54) is 12.1 Å². The maximum Gasteiger partial charge on any atom is 0.254 e. The van der Waals surface area contributed by atoms with Gasteiger partial charge in [0.25, 0.3) is 5.91 Å². The van der Waals surface area contributed by atoms with Gasteiger partial charge in [0, 0.05) is 29.7 Å². The van der Waals surface area contributed by atoms with E-state index in [1.54, 1.807) is 12.1 Å². The Morgan fingerprint density at radius 2 is 1.89 bits per heavy atom. The molecule has 2 rings (SSSR count). The highest BCUT2D eigenvalue weighted by Gasteiger charge is 2.32. The van der Waals surface area contributed by atoms with Crippen LogP contribution in [0.4, 0.5) is 0 Å². The van der Waals surface area contributed by atoms with Gasteiger partial charge in [-0.1, -0.05) is 15.9 Å². The van der Waals surface area contributed by atoms with Crippen LogP contribution in [-0.2, 0) is 9.84 Å². The number of nitrogens with zero attached hydrogens (tertiary/aromatic N) is 1. The molecule has 0 N–H and O–H groups in total. The average molecular weight is 346 g/mol. The Kier molecular flexibility index (Phi) is 4.30. The van der Waals surface area contributed by atoms with Crippen molar-refractivity contribution >= 4 is 31.7 Å². The molecule has 1 aromatic carbocycles. The molecule has 0 bridgehead atoms. The molecule has 0 heterocycles. The van der Waals surface area contributed by atoms with Crippen molar-refractivity contribution in [3.05, 3.63) is 29.8 Å². The Bertz CT molecular complexity index is 564. The number of sulfone groups is 1. The first kappa shape index (κ1) is 14.5. The van der Waals surface area contributed by atoms with Gasteiger partial charge in [-0.2, -0.15) is 0 Å². The molecular weight excluding hydrogens is 330 g/mol. The van der Waals surface area contributed by atoms with E-state index in [9.17, 15) is 13.2 Å². The normalized spacial score (nSPS) is 15.3. The van der Waals surface area contributed by atoms with E-state index in [2.05, 4.69) is 15.9 Å². The highest BCUT2D eigenvalue weighted by molar-refractivity contribution is 9.09. The van der Waals surface area contributed by atoms with Crippen LogP contribution >= 0.6 is 15.9 Å². The summed E-state index contributed by atoms with van der Waals surface area (Å²) in [5.41, 5.74) is 0.542. The van der Waals surface area contributed by atoms with E-state index in [1.807, 2.05) is 4.90 Å². The largest absolute Gasteiger partial charge is 0.335 e. The zero-order valence-corrected chi connectivity index (χ0v) is 13.1. The Balaban J connectivity index is 2.19. The summed E-state index contributed by atoms with van der Waals surface area (Å²) in [6.45, 7) is 0.678. The number of rotatable bonds is 5. The van der Waals surface area contributed by atoms with Crippen molar-refractivity contribution in [2.75, 3.05) is 18.1 Å². The van der Waals surface area contributed by atoms with Gasteiger partial charge in [0.1, 0.15) is 0 Å². The zero-order chi connectivity index (χ0) is 14.0. The minimum atomic E-state index is -3.21. The molecule has 1 aromatic rings. The molecule has 0 radical (unpaired) electrons. The Hall–Kier alpha value is -0.880. The monoisotopic (exact) mass is 345 g/mol. The van der Waals surface area contributed by atoms with Crippen LogP contribution in [0.2, 0.25) is 0 Å². The number of amides is 1. The second-order valence-corrected chi connectivity index (χ2v) is 7.52. The molecule has 19 heavy (non-hydrogen) atoms. The van der Waals surface area contributed by atoms with Crippen LogP contribution < -0.4 is 0 Å². The molecule has 1 saturated carbocycles. The van der Waals surface area contributed by atoms with Crippen LogP contribution in [0.15, 0.2) is 29.2 Å². The average Bonchev–Trinajstić information content (AvgIpc) is 3.18. The van der Waals surface area contributed by atoms with Crippen molar-refractivity contribution in [2.45, 2.75) is 23.8 Å². The number of benzene rings is 1. The lowest BCUT2D eigenvalue weighted by Gasteiger charge is -2.21. The molecule has 1 amide bonds. The number of halogens is 1. The van der Waals surface area contributed by atoms with Crippen LogP contribution in [0.25, 0.3) is 0 Å². The summed E-state index contributed by atoms with van der Waals surface area (Å²) < 4.78 is 22.7. The third-order valence-electron chi connectivity index (χ3n) is 3.10. The predicted molar refractivity (Wildman–Crippen MR) is 77.4 cm³/mol. The summed E-state index contributed by atoms with van der Waals surface area (Å²) in [7, 11) is -3.21. The smallest absolute Gasteiger partial charge is 0.254 e. The standard InChI is InChI=1S/C13H16BrNO3S/c1-19(17,18)12-6-2-10(3-7-12)13(16)15(9-8-14)11-4-5-11/h2-3,6-7,11H,4-5,8-9H2,1H3. The van der Waals surface area contributed by atoms with Gasteiger partial charge in [0.05, 0.1) is 4.90 Å². The molecule has 0 aliphatic heterocycles. The first-order chi connectivity index (χ1) is 8.93. The second-order valence-electron chi connectivity index (χ2n) is 4.72. The number of hydrogen-bond donors (Lipinski definition) is 0. The van der Waals surface area contributed by atoms with E-state index in [0.717, 1.165) is 24.4 Å². The lowest BCUT2D eigenvalue weighted by atomic mass is 10.2. The van der Waals surface area contributed by atoms with Crippen molar-refractivity contribution in [3.63, 3.8) is 0 Å². The molecule has 0 aromatic heterocycles. The van der Waals surface area contributed by atoms with Crippen molar-refractivity contribution < 1.29 is 13.2 Å². The first-order valence-corrected chi connectivity index (χ1v) is 9.12. The van der Waals surface area contributed by atoms with E-state index in [4.69, 9.17) is 0 Å². The van der Waals surface area contributed by atoms with E-state index >= 15 is 0 Å². The fourth-order valence-corrected chi connectivity index (χ4v) is 2.95. The van der Waals surface area contributed by atoms with Gasteiger partial charge in [-0.25, -0.2) is 8.42 Å². The highest BCUT2D eigenvalue weighted by Crippen LogP contribution is 2.28. The minimum Gasteiger partial charge on any atom is -0.335 e. The van der Waals surface area contributed by atoms with Crippen molar-refractivity contribution in [3.8, 4) is 0 Å². The highest BCUT2D eigenvalue weighted by atomic mass is 79.9. The van der Waals surface area contributed by atoms with Gasteiger partial charge in [-0.3, -0.25) is 4.79 Å². The molecule has 0 spiro atoms. The van der Waals surface area contributed by atoms with Crippen molar-refractivity contribution in [2.24, 2.45) is 0 Å². The zero-order valence-electron chi connectivity index (χ0n) is 10.7. The van der Waals surface area contributed by atoms with Gasteiger partial charge in [0.2, 0.25) is 0 Å². The number of carbonyl (C=O) groups excluding carboxylic acids is 1. The maximum absolute atomic E-state index is 12.3. The quantitative estimate of drug-likeness (QED) is 0.767. The molecule has 4 nitrogen and oxygen atoms in total. The number of carbonyl (C=O) groups is 1. The minimum absolute atomic E-state index is 0.0259. The van der Waals surface area contributed by atoms with Gasteiger partial charge in [-0.15, -0.1) is 0 Å². The fraction of sp³-hybridized carbons (Fsp3) is 0.462. The summed E-state index contributed by atoms with van der Waals surface area (Å²) in [4.78, 5) is 14.4. The molecule has 104 valence electrons. The summed E-state index contributed by atoms with van der Waals surface area (Å²) in [6.07, 6.45) is 3.27. The molecule has 0 saturated heterocycles. The lowest BCUT2D eigenvalue weighted by molar-refractivity contribution is 0.0754. The molecular formula is C13H16BrNO3S. The van der Waals surface area contributed by atoms with Crippen LogP contribution in [0.3, 0.4) is 0 Å². The molecule has 1 aliphatic carbocycles. The topological polar surface area (TPSA) is 54.5 Å². The van der Waals surface area contributed by atoms with Crippen molar-refractivity contribution in [1.29, 1.82) is 0 Å². The van der Waals surface area contributed by atoms with Gasteiger partial charge in [-0.05, 0) is 37.1 Å². The van der Waals surface area contributed by atoms with Gasteiger partial charge >= 0.3 is 0 Å². The summed E-state index contributed by atoms with van der Waals surface area (Å²) in [6, 6.07) is 6.49. The number of alkyl halides is 1. The summed E-state index contributed by atoms with van der Waals surface area (Å²) >= 11 is 3.35. The van der Waals surface area contributed by atoms with Crippen molar-refractivity contribution in [1.82, 2.24) is 4.90 Å². The maximum atomic E-state index is 12.3. The Morgan fingerprint density at radius 1 is 1.32 bits per heavy atom. The molecule has 1 fully saturated rings. The lowest BCUT2D eigenvalue weighted by Crippen LogP contribution is -2.34. The van der Waals surface area contributed by atoms with Crippen LogP contribution in [-0.4, -0.2) is 43.4 Å². The third-order valence-corrected chi connectivity index (χ3v) is 4.59. The Labute approximate surface area is 121 Å². The Morgan fingerprint density at radius 3 is 2.32 bits per heavy atom. The molecule has 1 aliphatic rings. The second kappa shape index (κ2) is 5.63. The molecule has 0 atom stereocenters. The van der Waals surface area contributed by atoms with Gasteiger partial charge in [0.15, 0.2) is 9.84 Å². The van der Waals surface area contributed by atoms with E-state index in [-0.39, 0.29) is 10.8 Å². The van der Waals surface area contributed by atoms with Crippen LogP contribution in [0.5, 0.6) is 0 Å². The summed E-state index contributed by atoms with van der Waals surface area (Å²) in [5.74, 6) is -0.0259. The van der Waals surface area contributed by atoms with Gasteiger partial charge < -0.3 is 4.90 Å². The third kappa shape index (κ3) is 3.57. The molecule has 0 unspecified atom stereocenters. The fourth-order valence-electron chi connectivity index (χ4n) is 1.94. The van der Waals surface area contributed by atoms with Crippen LogP contribution in [0, 0.1) is 0 Å². The van der Waals surface area contributed by atoms with Crippen LogP contribution in [0.1, 0.15) is 23.2 Å². The van der Waals surface area contributed by atoms with E-state index in [0.29, 0.717) is 18.2 Å². The predicted octanol–water partition coefficient (Wildman–Crippen LogP) is 2.09. The SMILES string of the molecule is CS(=O)(=O)c1ccc(C(=O)N(CCBr)C2CC2)cc1. The molecule has 6 heteroatoms. The summed E-state index contributed by atoms with van der Waals surface area (Å²) in [5, 5.41) is 0.747.